The van der Waals surface area contributed by atoms with Gasteiger partial charge in [0.15, 0.2) is 16.6 Å². The van der Waals surface area contributed by atoms with Gasteiger partial charge in [0, 0.05) is 12.3 Å². The van der Waals surface area contributed by atoms with Crippen molar-refractivity contribution >= 4 is 22.1 Å². The van der Waals surface area contributed by atoms with Crippen molar-refractivity contribution in [2.75, 3.05) is 5.73 Å². The third-order valence-corrected chi connectivity index (χ3v) is 3.21. The molecule has 0 atom stereocenters. The molecule has 3 aromatic heterocycles. The SMILES string of the molecule is Cc1nc(N)sc1-c1nnc2ccncn12. The minimum Gasteiger partial charge on any atom is -0.375 e. The molecule has 3 rings (SSSR count). The van der Waals surface area contributed by atoms with Crippen LogP contribution in [-0.2, 0) is 0 Å². The van der Waals surface area contributed by atoms with E-state index in [0.29, 0.717) is 5.13 Å². The van der Waals surface area contributed by atoms with Crippen LogP contribution in [0.25, 0.3) is 16.3 Å². The van der Waals surface area contributed by atoms with Crippen molar-refractivity contribution in [3.8, 4) is 10.7 Å². The van der Waals surface area contributed by atoms with Gasteiger partial charge in [0.25, 0.3) is 0 Å². The van der Waals surface area contributed by atoms with E-state index >= 15 is 0 Å². The molecular formula is C9H8N6S. The highest BCUT2D eigenvalue weighted by Gasteiger charge is 2.14. The number of hydrogen-bond donors (Lipinski definition) is 1. The Morgan fingerprint density at radius 2 is 2.25 bits per heavy atom. The van der Waals surface area contributed by atoms with Gasteiger partial charge >= 0.3 is 0 Å². The summed E-state index contributed by atoms with van der Waals surface area (Å²) in [5.41, 5.74) is 7.29. The number of nitrogen functional groups attached to an aromatic ring is 1. The fourth-order valence-electron chi connectivity index (χ4n) is 1.53. The van der Waals surface area contributed by atoms with Crippen molar-refractivity contribution in [1.82, 2.24) is 24.6 Å². The molecule has 6 nitrogen and oxygen atoms in total. The van der Waals surface area contributed by atoms with Gasteiger partial charge in [-0.15, -0.1) is 10.2 Å². The summed E-state index contributed by atoms with van der Waals surface area (Å²) in [4.78, 5) is 9.14. The fraction of sp³-hybridized carbons (Fsp3) is 0.111. The van der Waals surface area contributed by atoms with E-state index in [0.717, 1.165) is 22.0 Å². The average Bonchev–Trinajstić information content (AvgIpc) is 2.81. The van der Waals surface area contributed by atoms with E-state index in [1.165, 1.54) is 11.3 Å². The van der Waals surface area contributed by atoms with E-state index < -0.39 is 0 Å². The maximum atomic E-state index is 5.66. The molecule has 0 aliphatic rings. The first kappa shape index (κ1) is 9.22. The van der Waals surface area contributed by atoms with E-state index in [9.17, 15) is 0 Å². The van der Waals surface area contributed by atoms with Crippen molar-refractivity contribution in [3.05, 3.63) is 24.3 Å². The molecule has 2 N–H and O–H groups in total. The predicted octanol–water partition coefficient (Wildman–Crippen LogP) is 1.14. The molecule has 80 valence electrons. The van der Waals surface area contributed by atoms with E-state index in [1.807, 2.05) is 11.3 Å². The fourth-order valence-corrected chi connectivity index (χ4v) is 2.34. The maximum Gasteiger partial charge on any atom is 0.181 e. The van der Waals surface area contributed by atoms with Crippen LogP contribution in [0.1, 0.15) is 5.69 Å². The van der Waals surface area contributed by atoms with Crippen LogP contribution in [0.15, 0.2) is 18.6 Å². The van der Waals surface area contributed by atoms with E-state index in [4.69, 9.17) is 5.73 Å². The number of thiazole rings is 1. The second-order valence-corrected chi connectivity index (χ2v) is 4.33. The molecule has 16 heavy (non-hydrogen) atoms. The lowest BCUT2D eigenvalue weighted by atomic mass is 10.4. The summed E-state index contributed by atoms with van der Waals surface area (Å²) in [6.07, 6.45) is 3.36. The summed E-state index contributed by atoms with van der Waals surface area (Å²) in [5, 5.41) is 8.72. The topological polar surface area (TPSA) is 82.0 Å². The van der Waals surface area contributed by atoms with Crippen LogP contribution in [0.5, 0.6) is 0 Å². The Kier molecular flexibility index (Phi) is 1.87. The van der Waals surface area contributed by atoms with Gasteiger partial charge in [-0.05, 0) is 6.92 Å². The largest absolute Gasteiger partial charge is 0.375 e. The van der Waals surface area contributed by atoms with Gasteiger partial charge in [-0.1, -0.05) is 11.3 Å². The molecule has 3 heterocycles. The number of rotatable bonds is 1. The van der Waals surface area contributed by atoms with E-state index in [2.05, 4.69) is 20.2 Å². The molecule has 0 aromatic carbocycles. The minimum absolute atomic E-state index is 0.535. The summed E-state index contributed by atoms with van der Waals surface area (Å²) in [5.74, 6) is 0.731. The lowest BCUT2D eigenvalue weighted by Gasteiger charge is -1.95. The first-order valence-electron chi connectivity index (χ1n) is 4.64. The van der Waals surface area contributed by atoms with E-state index in [-0.39, 0.29) is 0 Å². The lowest BCUT2D eigenvalue weighted by Crippen LogP contribution is -1.89. The first-order valence-corrected chi connectivity index (χ1v) is 5.45. The van der Waals surface area contributed by atoms with Gasteiger partial charge in [-0.2, -0.15) is 0 Å². The van der Waals surface area contributed by atoms with Gasteiger partial charge in [0.2, 0.25) is 0 Å². The second kappa shape index (κ2) is 3.24. The summed E-state index contributed by atoms with van der Waals surface area (Å²) in [6.45, 7) is 1.90. The summed E-state index contributed by atoms with van der Waals surface area (Å²) in [7, 11) is 0. The van der Waals surface area contributed by atoms with Gasteiger partial charge in [-0.3, -0.25) is 4.40 Å². The number of aryl methyl sites for hydroxylation is 1. The number of nitrogens with two attached hydrogens (primary N) is 1. The van der Waals surface area contributed by atoms with Gasteiger partial charge < -0.3 is 5.73 Å². The van der Waals surface area contributed by atoms with Crippen LogP contribution < -0.4 is 5.73 Å². The van der Waals surface area contributed by atoms with Crippen molar-refractivity contribution in [3.63, 3.8) is 0 Å². The van der Waals surface area contributed by atoms with E-state index in [1.54, 1.807) is 18.6 Å². The minimum atomic E-state index is 0.535. The Balaban J connectivity index is 2.30. The lowest BCUT2D eigenvalue weighted by molar-refractivity contribution is 1.08. The zero-order valence-electron chi connectivity index (χ0n) is 8.45. The molecule has 0 fully saturated rings. The summed E-state index contributed by atoms with van der Waals surface area (Å²) < 4.78 is 1.82. The Morgan fingerprint density at radius 3 is 3.00 bits per heavy atom. The molecule has 0 aliphatic carbocycles. The standard InChI is InChI=1S/C9H8N6S/c1-5-7(16-9(10)12-5)8-14-13-6-2-3-11-4-15(6)8/h2-4H,1H3,(H2,10,12). The third-order valence-electron chi connectivity index (χ3n) is 2.23. The van der Waals surface area contributed by atoms with Crippen LogP contribution in [0.2, 0.25) is 0 Å². The van der Waals surface area contributed by atoms with Gasteiger partial charge in [-0.25, -0.2) is 9.97 Å². The van der Waals surface area contributed by atoms with Crippen molar-refractivity contribution < 1.29 is 0 Å². The average molecular weight is 232 g/mol. The highest BCUT2D eigenvalue weighted by atomic mass is 32.1. The van der Waals surface area contributed by atoms with Crippen LogP contribution in [-0.4, -0.2) is 24.6 Å². The van der Waals surface area contributed by atoms with Crippen LogP contribution in [0.4, 0.5) is 5.13 Å². The Morgan fingerprint density at radius 1 is 1.38 bits per heavy atom. The Labute approximate surface area is 94.8 Å². The molecule has 0 radical (unpaired) electrons. The van der Waals surface area contributed by atoms with Crippen LogP contribution in [0, 0.1) is 6.92 Å². The molecule has 0 saturated heterocycles. The third kappa shape index (κ3) is 1.25. The molecule has 0 aliphatic heterocycles. The van der Waals surface area contributed by atoms with Gasteiger partial charge in [0.05, 0.1) is 10.6 Å². The highest BCUT2D eigenvalue weighted by Crippen LogP contribution is 2.29. The number of fused-ring (bicyclic) bond motifs is 1. The molecule has 0 bridgehead atoms. The first-order chi connectivity index (χ1) is 7.75. The molecule has 0 unspecified atom stereocenters. The number of aromatic nitrogens is 5. The van der Waals surface area contributed by atoms with Crippen LogP contribution in [0.3, 0.4) is 0 Å². The monoisotopic (exact) mass is 232 g/mol. The normalized spacial score (nSPS) is 11.1. The Bertz CT molecular complexity index is 655. The quantitative estimate of drug-likeness (QED) is 0.680. The number of nitrogens with zero attached hydrogens (tertiary/aromatic N) is 5. The highest BCUT2D eigenvalue weighted by molar-refractivity contribution is 7.18. The molecule has 3 aromatic rings. The second-order valence-electron chi connectivity index (χ2n) is 3.30. The Hall–Kier alpha value is -2.02. The molecule has 0 saturated carbocycles. The smallest absolute Gasteiger partial charge is 0.181 e. The summed E-state index contributed by atoms with van der Waals surface area (Å²) >= 11 is 1.40. The van der Waals surface area contributed by atoms with Crippen molar-refractivity contribution in [2.45, 2.75) is 6.92 Å². The van der Waals surface area contributed by atoms with Crippen LogP contribution >= 0.6 is 11.3 Å². The molecule has 7 heteroatoms. The molecule has 0 spiro atoms. The zero-order chi connectivity index (χ0) is 11.1. The zero-order valence-corrected chi connectivity index (χ0v) is 9.27. The van der Waals surface area contributed by atoms with Crippen molar-refractivity contribution in [2.24, 2.45) is 0 Å². The predicted molar refractivity (Wildman–Crippen MR) is 61.0 cm³/mol. The maximum absolute atomic E-state index is 5.66. The van der Waals surface area contributed by atoms with Gasteiger partial charge in [0.1, 0.15) is 6.33 Å². The molecule has 0 amide bonds. The summed E-state index contributed by atoms with van der Waals surface area (Å²) in [6, 6.07) is 1.80. The molecular weight excluding hydrogens is 224 g/mol. The number of anilines is 1. The van der Waals surface area contributed by atoms with Crippen molar-refractivity contribution in [1.29, 1.82) is 0 Å². The number of hydrogen-bond acceptors (Lipinski definition) is 6.